The number of nitrogen functional groups attached to an aromatic ring is 1. The summed E-state index contributed by atoms with van der Waals surface area (Å²) in [4.78, 5) is 11.9. The van der Waals surface area contributed by atoms with Crippen LogP contribution in [0.1, 0.15) is 21.6 Å². The lowest BCUT2D eigenvalue weighted by molar-refractivity contribution is -0.138. The first-order chi connectivity index (χ1) is 11.1. The number of nitriles is 1. The summed E-state index contributed by atoms with van der Waals surface area (Å²) in [6.45, 7) is 0. The Morgan fingerprint density at radius 2 is 2.04 bits per heavy atom. The molecule has 0 fully saturated rings. The highest BCUT2D eigenvalue weighted by molar-refractivity contribution is 14.1. The third-order valence-corrected chi connectivity index (χ3v) is 4.26. The number of carbonyl (C=O) groups excluding carboxylic acids is 1. The second-order valence-electron chi connectivity index (χ2n) is 4.56. The summed E-state index contributed by atoms with van der Waals surface area (Å²) in [6.07, 6.45) is -3.74. The van der Waals surface area contributed by atoms with E-state index in [2.05, 4.69) is 4.74 Å². The summed E-state index contributed by atoms with van der Waals surface area (Å²) < 4.78 is 57.9. The molecule has 1 aromatic carbocycles. The van der Waals surface area contributed by atoms with Gasteiger partial charge in [0.15, 0.2) is 5.69 Å². The summed E-state index contributed by atoms with van der Waals surface area (Å²) in [7, 11) is 1.04. The van der Waals surface area contributed by atoms with Gasteiger partial charge in [-0.2, -0.15) is 18.4 Å². The van der Waals surface area contributed by atoms with E-state index >= 15 is 0 Å². The molecule has 0 bridgehead atoms. The number of nitrogens with zero attached hydrogens (tertiary/aromatic N) is 2. The molecule has 0 aliphatic heterocycles. The van der Waals surface area contributed by atoms with Crippen LogP contribution >= 0.6 is 22.6 Å². The molecule has 0 amide bonds. The molecule has 0 saturated heterocycles. The quantitative estimate of drug-likeness (QED) is 0.429. The smallest absolute Gasteiger partial charge is 0.417 e. The number of halogens is 5. The zero-order chi connectivity index (χ0) is 18.2. The number of ether oxygens (including phenoxy) is 1. The van der Waals surface area contributed by atoms with Crippen LogP contribution in [0.2, 0.25) is 0 Å². The van der Waals surface area contributed by atoms with Crippen molar-refractivity contribution in [3.63, 3.8) is 0 Å². The number of alkyl halides is 3. The summed E-state index contributed by atoms with van der Waals surface area (Å²) in [5.74, 6) is -2.12. The molecule has 126 valence electrons. The lowest BCUT2D eigenvalue weighted by Crippen LogP contribution is -2.15. The van der Waals surface area contributed by atoms with Crippen molar-refractivity contribution in [3.8, 4) is 11.8 Å². The molecule has 0 radical (unpaired) electrons. The molecule has 0 spiro atoms. The number of anilines is 1. The molecule has 0 unspecified atom stereocenters. The zero-order valence-electron chi connectivity index (χ0n) is 11.9. The Morgan fingerprint density at radius 3 is 2.54 bits per heavy atom. The van der Waals surface area contributed by atoms with Crippen LogP contribution < -0.4 is 5.73 Å². The molecular formula is C14H8F4IN3O2. The lowest BCUT2D eigenvalue weighted by atomic mass is 10.2. The minimum absolute atomic E-state index is 0.149. The maximum absolute atomic E-state index is 13.7. The lowest BCUT2D eigenvalue weighted by Gasteiger charge is -2.15. The van der Waals surface area contributed by atoms with Crippen molar-refractivity contribution in [2.45, 2.75) is 6.18 Å². The highest BCUT2D eigenvalue weighted by Crippen LogP contribution is 2.37. The molecular weight excluding hydrogens is 445 g/mol. The zero-order valence-corrected chi connectivity index (χ0v) is 14.1. The van der Waals surface area contributed by atoms with Crippen LogP contribution in [-0.2, 0) is 10.9 Å². The van der Waals surface area contributed by atoms with E-state index in [4.69, 9.17) is 11.0 Å². The van der Waals surface area contributed by atoms with Crippen LogP contribution in [0.5, 0.6) is 0 Å². The molecule has 1 aromatic heterocycles. The minimum Gasteiger partial charge on any atom is -0.464 e. The number of methoxy groups -OCH3 is 1. The van der Waals surface area contributed by atoms with E-state index < -0.39 is 23.5 Å². The van der Waals surface area contributed by atoms with Crippen LogP contribution in [0, 0.1) is 20.7 Å². The van der Waals surface area contributed by atoms with Gasteiger partial charge in [-0.15, -0.1) is 0 Å². The van der Waals surface area contributed by atoms with Crippen molar-refractivity contribution in [2.75, 3.05) is 12.8 Å². The Bertz CT molecular complexity index is 868. The number of hydrogen-bond donors (Lipinski definition) is 1. The molecule has 0 aliphatic carbocycles. The fourth-order valence-electron chi connectivity index (χ4n) is 2.06. The van der Waals surface area contributed by atoms with Gasteiger partial charge in [-0.05, 0) is 34.7 Å². The highest BCUT2D eigenvalue weighted by atomic mass is 127. The summed E-state index contributed by atoms with van der Waals surface area (Å²) in [6, 6.07) is 2.87. The van der Waals surface area contributed by atoms with Gasteiger partial charge in [0.2, 0.25) is 0 Å². The van der Waals surface area contributed by atoms with Crippen molar-refractivity contribution < 1.29 is 27.1 Å². The van der Waals surface area contributed by atoms with Gasteiger partial charge in [0, 0.05) is 9.77 Å². The second-order valence-corrected chi connectivity index (χ2v) is 5.64. The van der Waals surface area contributed by atoms with Crippen molar-refractivity contribution >= 4 is 34.2 Å². The fourth-order valence-corrected chi connectivity index (χ4v) is 2.94. The normalized spacial score (nSPS) is 11.2. The van der Waals surface area contributed by atoms with Crippen molar-refractivity contribution in [2.24, 2.45) is 0 Å². The van der Waals surface area contributed by atoms with Gasteiger partial charge < -0.3 is 15.0 Å². The fraction of sp³-hybridized carbons (Fsp3) is 0.143. The van der Waals surface area contributed by atoms with Gasteiger partial charge in [-0.25, -0.2) is 9.18 Å². The van der Waals surface area contributed by atoms with Crippen LogP contribution in [0.3, 0.4) is 0 Å². The summed E-state index contributed by atoms with van der Waals surface area (Å²) >= 11 is 1.39. The van der Waals surface area contributed by atoms with Gasteiger partial charge in [0.1, 0.15) is 11.9 Å². The first-order valence-corrected chi connectivity index (χ1v) is 7.25. The van der Waals surface area contributed by atoms with Crippen LogP contribution in [0.4, 0.5) is 23.2 Å². The number of nitrogens with two attached hydrogens (primary N) is 1. The molecule has 2 rings (SSSR count). The molecule has 1 heterocycles. The summed E-state index contributed by atoms with van der Waals surface area (Å²) in [5, 5.41) is 9.01. The van der Waals surface area contributed by atoms with E-state index in [9.17, 15) is 22.4 Å². The molecule has 0 saturated carbocycles. The van der Waals surface area contributed by atoms with E-state index in [0.29, 0.717) is 6.07 Å². The monoisotopic (exact) mass is 453 g/mol. The molecule has 2 N–H and O–H groups in total. The van der Waals surface area contributed by atoms with E-state index in [-0.39, 0.29) is 26.2 Å². The Balaban J connectivity index is 2.86. The van der Waals surface area contributed by atoms with Crippen LogP contribution in [0.15, 0.2) is 18.3 Å². The minimum atomic E-state index is -4.80. The Hall–Kier alpha value is -2.29. The van der Waals surface area contributed by atoms with Gasteiger partial charge in [-0.1, -0.05) is 0 Å². The Morgan fingerprint density at radius 1 is 1.42 bits per heavy atom. The molecule has 24 heavy (non-hydrogen) atoms. The standard InChI is InChI=1S/C14H8F4IN3O2/c1-24-13(23)12-11(21)6(4-20)5-22(12)9-3-7(15)2-8(10(9)19)14(16,17)18/h2-3,5H,21H2,1H3. The van der Waals surface area contributed by atoms with Gasteiger partial charge in [-0.3, -0.25) is 0 Å². The van der Waals surface area contributed by atoms with Crippen LogP contribution in [-0.4, -0.2) is 17.6 Å². The molecule has 0 atom stereocenters. The molecule has 10 heteroatoms. The topological polar surface area (TPSA) is 81.0 Å². The van der Waals surface area contributed by atoms with E-state index in [1.807, 2.05) is 0 Å². The summed E-state index contributed by atoms with van der Waals surface area (Å²) in [5.41, 5.74) is 3.42. The van der Waals surface area contributed by atoms with Gasteiger partial charge in [0.25, 0.3) is 0 Å². The Labute approximate surface area is 146 Å². The van der Waals surface area contributed by atoms with Crippen molar-refractivity contribution in [1.82, 2.24) is 4.57 Å². The SMILES string of the molecule is COC(=O)c1c(N)c(C#N)cn1-c1cc(F)cc(C(F)(F)F)c1I. The maximum atomic E-state index is 13.7. The highest BCUT2D eigenvalue weighted by Gasteiger charge is 2.35. The first-order valence-electron chi connectivity index (χ1n) is 6.17. The maximum Gasteiger partial charge on any atom is 0.417 e. The number of benzene rings is 1. The van der Waals surface area contributed by atoms with Crippen molar-refractivity contribution in [1.29, 1.82) is 5.26 Å². The Kier molecular flexibility index (Phi) is 4.75. The number of hydrogen-bond acceptors (Lipinski definition) is 4. The first kappa shape index (κ1) is 18.1. The molecule has 2 aromatic rings. The van der Waals surface area contributed by atoms with E-state index in [0.717, 1.165) is 23.9 Å². The third-order valence-electron chi connectivity index (χ3n) is 3.13. The number of carbonyl (C=O) groups is 1. The largest absolute Gasteiger partial charge is 0.464 e. The molecule has 5 nitrogen and oxygen atoms in total. The van der Waals surface area contributed by atoms with Crippen molar-refractivity contribution in [3.05, 3.63) is 44.5 Å². The number of rotatable bonds is 2. The average Bonchev–Trinajstić information content (AvgIpc) is 2.84. The number of aromatic nitrogens is 1. The van der Waals surface area contributed by atoms with Gasteiger partial charge in [0.05, 0.1) is 29.6 Å². The predicted molar refractivity (Wildman–Crippen MR) is 83.9 cm³/mol. The number of esters is 1. The van der Waals surface area contributed by atoms with E-state index in [1.165, 1.54) is 22.6 Å². The average molecular weight is 453 g/mol. The molecule has 0 aliphatic rings. The van der Waals surface area contributed by atoms with Crippen LogP contribution in [0.25, 0.3) is 5.69 Å². The predicted octanol–water partition coefficient (Wildman–Crippen LogP) is 3.48. The van der Waals surface area contributed by atoms with Gasteiger partial charge >= 0.3 is 12.1 Å². The van der Waals surface area contributed by atoms with E-state index in [1.54, 1.807) is 6.07 Å². The third kappa shape index (κ3) is 3.03. The second kappa shape index (κ2) is 6.31.